The summed E-state index contributed by atoms with van der Waals surface area (Å²) in [4.78, 5) is 0. The Morgan fingerprint density at radius 1 is 1.29 bits per heavy atom. The summed E-state index contributed by atoms with van der Waals surface area (Å²) in [6.45, 7) is 0. The van der Waals surface area contributed by atoms with Crippen LogP contribution in [0.1, 0.15) is 0 Å². The van der Waals surface area contributed by atoms with Crippen LogP contribution >= 0.6 is 39.1 Å². The lowest BCUT2D eigenvalue weighted by Crippen LogP contribution is -1.94. The van der Waals surface area contributed by atoms with Crippen LogP contribution in [-0.2, 0) is 0 Å². The SMILES string of the molecule is Clc1ccc(-n2cc(Br)cn2)c(Cl)c1. The summed E-state index contributed by atoms with van der Waals surface area (Å²) in [5.74, 6) is 0. The molecule has 0 bridgehead atoms. The molecule has 5 heteroatoms. The summed E-state index contributed by atoms with van der Waals surface area (Å²) < 4.78 is 2.59. The van der Waals surface area contributed by atoms with Gasteiger partial charge in [0.1, 0.15) is 0 Å². The van der Waals surface area contributed by atoms with Crippen LogP contribution in [-0.4, -0.2) is 9.78 Å². The summed E-state index contributed by atoms with van der Waals surface area (Å²) in [5.41, 5.74) is 0.807. The fourth-order valence-electron chi connectivity index (χ4n) is 1.10. The largest absolute Gasteiger partial charge is 0.238 e. The molecule has 0 saturated heterocycles. The minimum Gasteiger partial charge on any atom is -0.238 e. The van der Waals surface area contributed by atoms with Crippen LogP contribution in [0.3, 0.4) is 0 Å². The standard InChI is InChI=1S/C9H5BrCl2N2/c10-6-4-13-14(5-6)9-2-1-7(11)3-8(9)12/h1-5H. The van der Waals surface area contributed by atoms with Gasteiger partial charge in [-0.1, -0.05) is 23.2 Å². The van der Waals surface area contributed by atoms with Crippen molar-refractivity contribution in [3.8, 4) is 5.69 Å². The average Bonchev–Trinajstić information content (AvgIpc) is 2.51. The second kappa shape index (κ2) is 3.93. The lowest BCUT2D eigenvalue weighted by Gasteiger charge is -2.03. The highest BCUT2D eigenvalue weighted by atomic mass is 79.9. The van der Waals surface area contributed by atoms with E-state index < -0.39 is 0 Å². The molecule has 2 nitrogen and oxygen atoms in total. The second-order valence-corrected chi connectivity index (χ2v) is 4.46. The summed E-state index contributed by atoms with van der Waals surface area (Å²) in [6, 6.07) is 5.29. The van der Waals surface area contributed by atoms with Crippen LogP contribution < -0.4 is 0 Å². The van der Waals surface area contributed by atoms with Gasteiger partial charge in [-0.15, -0.1) is 0 Å². The maximum atomic E-state index is 6.01. The molecule has 1 aromatic carbocycles. The van der Waals surface area contributed by atoms with Crippen molar-refractivity contribution in [2.24, 2.45) is 0 Å². The Hall–Kier alpha value is -0.510. The molecular weight excluding hydrogens is 287 g/mol. The molecule has 1 heterocycles. The Morgan fingerprint density at radius 2 is 2.07 bits per heavy atom. The van der Waals surface area contributed by atoms with E-state index in [1.54, 1.807) is 23.0 Å². The third kappa shape index (κ3) is 1.95. The quantitative estimate of drug-likeness (QED) is 0.778. The van der Waals surface area contributed by atoms with Crippen LogP contribution in [0.15, 0.2) is 35.1 Å². The highest BCUT2D eigenvalue weighted by Crippen LogP contribution is 2.24. The van der Waals surface area contributed by atoms with Gasteiger partial charge in [0.25, 0.3) is 0 Å². The van der Waals surface area contributed by atoms with Crippen molar-refractivity contribution in [1.82, 2.24) is 9.78 Å². The fraction of sp³-hybridized carbons (Fsp3) is 0. The average molecular weight is 292 g/mol. The highest BCUT2D eigenvalue weighted by molar-refractivity contribution is 9.10. The van der Waals surface area contributed by atoms with E-state index in [1.807, 2.05) is 12.3 Å². The second-order valence-electron chi connectivity index (χ2n) is 2.70. The van der Waals surface area contributed by atoms with E-state index in [9.17, 15) is 0 Å². The number of hydrogen-bond donors (Lipinski definition) is 0. The number of rotatable bonds is 1. The molecule has 0 aliphatic rings. The van der Waals surface area contributed by atoms with E-state index in [0.29, 0.717) is 10.0 Å². The summed E-state index contributed by atoms with van der Waals surface area (Å²) in [5, 5.41) is 5.31. The first kappa shape index (κ1) is 10.0. The fourth-order valence-corrected chi connectivity index (χ4v) is 1.88. The maximum absolute atomic E-state index is 6.01. The lowest BCUT2D eigenvalue weighted by atomic mass is 10.3. The maximum Gasteiger partial charge on any atom is 0.0833 e. The zero-order chi connectivity index (χ0) is 10.1. The van der Waals surface area contributed by atoms with Crippen molar-refractivity contribution in [1.29, 1.82) is 0 Å². The summed E-state index contributed by atoms with van der Waals surface area (Å²) in [6.07, 6.45) is 3.53. The number of halogens is 3. The first-order valence-electron chi connectivity index (χ1n) is 3.82. The number of benzene rings is 1. The lowest BCUT2D eigenvalue weighted by molar-refractivity contribution is 0.880. The Bertz CT molecular complexity index is 468. The van der Waals surface area contributed by atoms with Gasteiger partial charge in [-0.2, -0.15) is 5.10 Å². The minimum atomic E-state index is 0.577. The third-order valence-electron chi connectivity index (χ3n) is 1.71. The van der Waals surface area contributed by atoms with Gasteiger partial charge in [-0.25, -0.2) is 4.68 Å². The molecule has 0 amide bonds. The molecule has 0 aliphatic heterocycles. The van der Waals surface area contributed by atoms with Gasteiger partial charge in [0, 0.05) is 11.2 Å². The Balaban J connectivity index is 2.52. The first-order valence-corrected chi connectivity index (χ1v) is 5.37. The molecule has 0 spiro atoms. The first-order chi connectivity index (χ1) is 6.66. The minimum absolute atomic E-state index is 0.577. The van der Waals surface area contributed by atoms with Gasteiger partial charge in [0.2, 0.25) is 0 Å². The Morgan fingerprint density at radius 3 is 2.64 bits per heavy atom. The van der Waals surface area contributed by atoms with E-state index >= 15 is 0 Å². The molecule has 2 aromatic rings. The Labute approximate surface area is 99.6 Å². The number of nitrogens with zero attached hydrogens (tertiary/aromatic N) is 2. The monoisotopic (exact) mass is 290 g/mol. The highest BCUT2D eigenvalue weighted by Gasteiger charge is 2.04. The van der Waals surface area contributed by atoms with Gasteiger partial charge >= 0.3 is 0 Å². The van der Waals surface area contributed by atoms with E-state index in [-0.39, 0.29) is 0 Å². The van der Waals surface area contributed by atoms with E-state index in [1.165, 1.54) is 0 Å². The zero-order valence-corrected chi connectivity index (χ0v) is 10.0. The van der Waals surface area contributed by atoms with Crippen LogP contribution in [0.2, 0.25) is 10.0 Å². The van der Waals surface area contributed by atoms with Crippen LogP contribution in [0.25, 0.3) is 5.69 Å². The van der Waals surface area contributed by atoms with E-state index in [4.69, 9.17) is 23.2 Å². The molecule has 0 unspecified atom stereocenters. The topological polar surface area (TPSA) is 17.8 Å². The molecular formula is C9H5BrCl2N2. The van der Waals surface area contributed by atoms with Gasteiger partial charge in [-0.3, -0.25) is 0 Å². The van der Waals surface area contributed by atoms with Crippen LogP contribution in [0.4, 0.5) is 0 Å². The van der Waals surface area contributed by atoms with Gasteiger partial charge in [0.05, 0.1) is 21.4 Å². The molecule has 0 radical (unpaired) electrons. The van der Waals surface area contributed by atoms with Crippen molar-refractivity contribution in [2.45, 2.75) is 0 Å². The molecule has 72 valence electrons. The molecule has 0 fully saturated rings. The predicted molar refractivity (Wildman–Crippen MR) is 61.3 cm³/mol. The van der Waals surface area contributed by atoms with Crippen LogP contribution in [0, 0.1) is 0 Å². The normalized spacial score (nSPS) is 10.5. The number of aromatic nitrogens is 2. The van der Waals surface area contributed by atoms with Crippen molar-refractivity contribution in [3.63, 3.8) is 0 Å². The van der Waals surface area contributed by atoms with E-state index in [0.717, 1.165) is 10.2 Å². The molecule has 0 N–H and O–H groups in total. The van der Waals surface area contributed by atoms with Crippen molar-refractivity contribution in [2.75, 3.05) is 0 Å². The van der Waals surface area contributed by atoms with Gasteiger partial charge in [0.15, 0.2) is 0 Å². The zero-order valence-electron chi connectivity index (χ0n) is 6.92. The molecule has 0 aliphatic carbocycles. The molecule has 14 heavy (non-hydrogen) atoms. The molecule has 2 rings (SSSR count). The van der Waals surface area contributed by atoms with Gasteiger partial charge in [-0.05, 0) is 34.1 Å². The Kier molecular flexibility index (Phi) is 2.81. The molecule has 0 saturated carbocycles. The molecule has 1 aromatic heterocycles. The number of hydrogen-bond acceptors (Lipinski definition) is 1. The van der Waals surface area contributed by atoms with Gasteiger partial charge < -0.3 is 0 Å². The van der Waals surface area contributed by atoms with Crippen LogP contribution in [0.5, 0.6) is 0 Å². The van der Waals surface area contributed by atoms with Crippen molar-refractivity contribution in [3.05, 3.63) is 45.1 Å². The summed E-state index contributed by atoms with van der Waals surface area (Å²) >= 11 is 15.1. The summed E-state index contributed by atoms with van der Waals surface area (Å²) in [7, 11) is 0. The predicted octanol–water partition coefficient (Wildman–Crippen LogP) is 3.94. The van der Waals surface area contributed by atoms with E-state index in [2.05, 4.69) is 21.0 Å². The molecule has 0 atom stereocenters. The smallest absolute Gasteiger partial charge is 0.0833 e. The van der Waals surface area contributed by atoms with Crippen molar-refractivity contribution < 1.29 is 0 Å². The van der Waals surface area contributed by atoms with Crippen molar-refractivity contribution >= 4 is 39.1 Å². The third-order valence-corrected chi connectivity index (χ3v) is 2.65.